The first-order chi connectivity index (χ1) is 15.7. The number of aromatic nitrogens is 1. The number of hydrogen-bond acceptors (Lipinski definition) is 6. The Kier molecular flexibility index (Phi) is 8.03. The Morgan fingerprint density at radius 2 is 1.82 bits per heavy atom. The lowest BCUT2D eigenvalue weighted by Crippen LogP contribution is -2.30. The van der Waals surface area contributed by atoms with Crippen molar-refractivity contribution in [1.29, 1.82) is 0 Å². The highest BCUT2D eigenvalue weighted by atomic mass is 32.2. The van der Waals surface area contributed by atoms with Crippen LogP contribution in [0, 0.1) is 0 Å². The predicted octanol–water partition coefficient (Wildman–Crippen LogP) is 1.93. The van der Waals surface area contributed by atoms with Crippen LogP contribution in [0.3, 0.4) is 0 Å². The minimum Gasteiger partial charge on any atom is -0.451 e. The Morgan fingerprint density at radius 3 is 2.45 bits per heavy atom. The number of nitrogens with zero attached hydrogens (tertiary/aromatic N) is 2. The first kappa shape index (κ1) is 24.6. The molecule has 0 radical (unpaired) electrons. The van der Waals surface area contributed by atoms with Crippen LogP contribution >= 0.6 is 0 Å². The second-order valence-electron chi connectivity index (χ2n) is 7.48. The number of hydrogen-bond donors (Lipinski definition) is 1. The van der Waals surface area contributed by atoms with Gasteiger partial charge >= 0.3 is 12.6 Å². The molecule has 2 aromatic rings. The van der Waals surface area contributed by atoms with Crippen molar-refractivity contribution in [2.24, 2.45) is 7.05 Å². The molecule has 0 bridgehead atoms. The molecule has 1 amide bonds. The number of carbonyl (C=O) groups is 2. The summed E-state index contributed by atoms with van der Waals surface area (Å²) in [4.78, 5) is 24.3. The van der Waals surface area contributed by atoms with Gasteiger partial charge in [0.1, 0.15) is 16.3 Å². The van der Waals surface area contributed by atoms with Crippen LogP contribution < -0.4 is 10.1 Å². The van der Waals surface area contributed by atoms with Crippen molar-refractivity contribution in [1.82, 2.24) is 14.2 Å². The number of carbonyl (C=O) groups excluding carboxylic acids is 2. The van der Waals surface area contributed by atoms with Crippen molar-refractivity contribution in [3.8, 4) is 5.75 Å². The first-order valence-electron chi connectivity index (χ1n) is 10.3. The molecule has 9 nitrogen and oxygen atoms in total. The molecule has 1 aromatic heterocycles. The summed E-state index contributed by atoms with van der Waals surface area (Å²) in [7, 11) is -2.15. The molecule has 0 spiro atoms. The molecular formula is C21H25F2N3O6S. The Hall–Kier alpha value is -2.99. The maximum Gasteiger partial charge on any atom is 0.387 e. The second-order valence-corrected chi connectivity index (χ2v) is 9.42. The molecule has 12 heteroatoms. The van der Waals surface area contributed by atoms with Crippen LogP contribution in [0.1, 0.15) is 28.9 Å². The number of halogens is 2. The molecular weight excluding hydrogens is 460 g/mol. The predicted molar refractivity (Wildman–Crippen MR) is 113 cm³/mol. The van der Waals surface area contributed by atoms with Gasteiger partial charge in [0.2, 0.25) is 10.0 Å². The van der Waals surface area contributed by atoms with Crippen molar-refractivity contribution in [3.63, 3.8) is 0 Å². The zero-order chi connectivity index (χ0) is 24.0. The summed E-state index contributed by atoms with van der Waals surface area (Å²) in [5.41, 5.74) is 0.816. The van der Waals surface area contributed by atoms with E-state index in [-0.39, 0.29) is 22.9 Å². The molecule has 1 saturated heterocycles. The van der Waals surface area contributed by atoms with Crippen molar-refractivity contribution in [2.75, 3.05) is 26.2 Å². The van der Waals surface area contributed by atoms with Gasteiger partial charge in [-0.05, 0) is 43.0 Å². The highest BCUT2D eigenvalue weighted by Gasteiger charge is 2.29. The summed E-state index contributed by atoms with van der Waals surface area (Å²) in [6.07, 6.45) is 3.38. The van der Waals surface area contributed by atoms with Crippen molar-refractivity contribution in [3.05, 3.63) is 47.8 Å². The van der Waals surface area contributed by atoms with Crippen LogP contribution in [0.25, 0.3) is 0 Å². The zero-order valence-electron chi connectivity index (χ0n) is 18.0. The third-order valence-corrected chi connectivity index (χ3v) is 6.97. The van der Waals surface area contributed by atoms with E-state index >= 15 is 0 Å². The van der Waals surface area contributed by atoms with E-state index in [1.54, 1.807) is 12.1 Å². The van der Waals surface area contributed by atoms with E-state index in [0.29, 0.717) is 19.5 Å². The Balaban J connectivity index is 1.46. The van der Waals surface area contributed by atoms with Gasteiger partial charge in [0.25, 0.3) is 5.91 Å². The standard InChI is InChI=1S/C21H25F2N3O6S/c1-25-13-17(33(29,30)26-10-2-3-11-26)12-18(25)20(28)31-14-19(27)24-9-8-15-4-6-16(7-5-15)32-21(22)23/h4-7,12-13,21H,2-3,8-11,14H2,1H3,(H,24,27). The number of benzene rings is 1. The molecule has 0 saturated carbocycles. The monoisotopic (exact) mass is 485 g/mol. The molecule has 0 atom stereocenters. The SMILES string of the molecule is Cn1cc(S(=O)(=O)N2CCCC2)cc1C(=O)OCC(=O)NCCc1ccc(OC(F)F)cc1. The summed E-state index contributed by atoms with van der Waals surface area (Å²) in [6.45, 7) is -2.28. The quantitative estimate of drug-likeness (QED) is 0.516. The number of sulfonamides is 1. The molecule has 0 aliphatic carbocycles. The number of rotatable bonds is 10. The van der Waals surface area contributed by atoms with Gasteiger partial charge in [0.05, 0.1) is 0 Å². The molecule has 1 fully saturated rings. The van der Waals surface area contributed by atoms with Gasteiger partial charge in [0, 0.05) is 32.9 Å². The molecule has 180 valence electrons. The number of alkyl halides is 2. The van der Waals surface area contributed by atoms with E-state index in [1.807, 2.05) is 0 Å². The third-order valence-electron chi connectivity index (χ3n) is 5.11. The maximum absolute atomic E-state index is 12.6. The van der Waals surface area contributed by atoms with Crippen molar-refractivity contribution in [2.45, 2.75) is 30.8 Å². The van der Waals surface area contributed by atoms with Gasteiger partial charge in [-0.1, -0.05) is 12.1 Å². The number of nitrogens with one attached hydrogen (secondary N) is 1. The molecule has 2 heterocycles. The van der Waals surface area contributed by atoms with Crippen molar-refractivity contribution >= 4 is 21.9 Å². The van der Waals surface area contributed by atoms with Crippen LogP contribution in [0.4, 0.5) is 8.78 Å². The zero-order valence-corrected chi connectivity index (χ0v) is 18.8. The minimum atomic E-state index is -3.67. The molecule has 1 N–H and O–H groups in total. The summed E-state index contributed by atoms with van der Waals surface area (Å²) in [5.74, 6) is -1.30. The fourth-order valence-corrected chi connectivity index (χ4v) is 4.98. The maximum atomic E-state index is 12.6. The fraction of sp³-hybridized carbons (Fsp3) is 0.429. The lowest BCUT2D eigenvalue weighted by molar-refractivity contribution is -0.124. The summed E-state index contributed by atoms with van der Waals surface area (Å²) in [6, 6.07) is 7.27. The largest absolute Gasteiger partial charge is 0.451 e. The number of ether oxygens (including phenoxy) is 2. The van der Waals surface area contributed by atoms with Gasteiger partial charge in [-0.2, -0.15) is 13.1 Å². The topological polar surface area (TPSA) is 107 Å². The molecule has 1 aromatic carbocycles. The highest BCUT2D eigenvalue weighted by Crippen LogP contribution is 2.23. The van der Waals surface area contributed by atoms with E-state index < -0.39 is 35.1 Å². The van der Waals surface area contributed by atoms with Gasteiger partial charge < -0.3 is 19.4 Å². The summed E-state index contributed by atoms with van der Waals surface area (Å²) < 4.78 is 61.6. The lowest BCUT2D eigenvalue weighted by atomic mass is 10.1. The number of aryl methyl sites for hydroxylation is 1. The van der Waals surface area contributed by atoms with Gasteiger partial charge in [0.15, 0.2) is 6.61 Å². The molecule has 0 unspecified atom stereocenters. The van der Waals surface area contributed by atoms with E-state index in [0.717, 1.165) is 18.4 Å². The Morgan fingerprint density at radius 1 is 1.15 bits per heavy atom. The molecule has 1 aliphatic rings. The van der Waals surface area contributed by atoms with E-state index in [2.05, 4.69) is 10.1 Å². The Labute approximate surface area is 190 Å². The second kappa shape index (κ2) is 10.8. The van der Waals surface area contributed by atoms with Crippen LogP contribution in [-0.4, -0.2) is 62.0 Å². The average Bonchev–Trinajstić information content (AvgIpc) is 3.44. The highest BCUT2D eigenvalue weighted by molar-refractivity contribution is 7.89. The van der Waals surface area contributed by atoms with Crippen molar-refractivity contribution < 1.29 is 36.3 Å². The normalized spacial score (nSPS) is 14.4. The van der Waals surface area contributed by atoms with Crippen LogP contribution in [-0.2, 0) is 33.0 Å². The smallest absolute Gasteiger partial charge is 0.387 e. The number of esters is 1. The van der Waals surface area contributed by atoms with E-state index in [4.69, 9.17) is 4.74 Å². The lowest BCUT2D eigenvalue weighted by Gasteiger charge is -2.13. The van der Waals surface area contributed by atoms with E-state index in [9.17, 15) is 26.8 Å². The minimum absolute atomic E-state index is 0.00766. The third kappa shape index (κ3) is 6.51. The molecule has 33 heavy (non-hydrogen) atoms. The number of amides is 1. The summed E-state index contributed by atoms with van der Waals surface area (Å²) >= 11 is 0. The van der Waals surface area contributed by atoms with Crippen LogP contribution in [0.2, 0.25) is 0 Å². The average molecular weight is 486 g/mol. The Bertz CT molecular complexity index is 1080. The fourth-order valence-electron chi connectivity index (χ4n) is 3.40. The first-order valence-corrected chi connectivity index (χ1v) is 11.7. The summed E-state index contributed by atoms with van der Waals surface area (Å²) in [5, 5.41) is 2.59. The molecule has 3 rings (SSSR count). The van der Waals surface area contributed by atoms with Gasteiger partial charge in [-0.3, -0.25) is 4.79 Å². The molecule has 1 aliphatic heterocycles. The van der Waals surface area contributed by atoms with Gasteiger partial charge in [-0.25, -0.2) is 13.2 Å². The van der Waals surface area contributed by atoms with Crippen LogP contribution in [0.5, 0.6) is 5.75 Å². The van der Waals surface area contributed by atoms with Gasteiger partial charge in [-0.15, -0.1) is 0 Å². The van der Waals surface area contributed by atoms with E-state index in [1.165, 1.54) is 40.3 Å². The van der Waals surface area contributed by atoms with Crippen LogP contribution in [0.15, 0.2) is 41.4 Å².